The van der Waals surface area contributed by atoms with Crippen LogP contribution in [0.3, 0.4) is 0 Å². The van der Waals surface area contributed by atoms with E-state index in [1.807, 2.05) is 19.1 Å². The fourth-order valence-electron chi connectivity index (χ4n) is 5.51. The molecule has 0 amide bonds. The van der Waals surface area contributed by atoms with E-state index in [9.17, 15) is 0 Å². The first kappa shape index (κ1) is 27.0. The SMILES string of the molecule is C=C(C)CC(CNC(=C)/N=C(\C=C(/N)Nc1cc(C2CC2)[nH]n1)N1C[C@H]2C[C@@H]1CN2Cc1ccccc1)ON. The number of fused-ring (bicyclic) bond motifs is 2. The normalized spacial score (nSPS) is 22.3. The van der Waals surface area contributed by atoms with Crippen LogP contribution in [-0.4, -0.2) is 63.7 Å². The van der Waals surface area contributed by atoms with Gasteiger partial charge in [-0.3, -0.25) is 14.8 Å². The molecule has 1 aromatic heterocycles. The molecule has 1 saturated carbocycles. The first-order chi connectivity index (χ1) is 18.9. The molecule has 3 fully saturated rings. The lowest BCUT2D eigenvalue weighted by molar-refractivity contribution is 0.0554. The fourth-order valence-corrected chi connectivity index (χ4v) is 5.51. The second kappa shape index (κ2) is 12.1. The maximum atomic E-state index is 6.46. The number of aromatic amines is 1. The predicted molar refractivity (Wildman–Crippen MR) is 155 cm³/mol. The summed E-state index contributed by atoms with van der Waals surface area (Å²) in [7, 11) is 0. The third-order valence-corrected chi connectivity index (χ3v) is 7.60. The smallest absolute Gasteiger partial charge is 0.153 e. The third kappa shape index (κ3) is 7.08. The van der Waals surface area contributed by atoms with Crippen LogP contribution in [0.15, 0.2) is 77.8 Å². The number of H-pyrrole nitrogens is 1. The van der Waals surface area contributed by atoms with Crippen molar-refractivity contribution in [1.82, 2.24) is 25.3 Å². The summed E-state index contributed by atoms with van der Waals surface area (Å²) in [5.41, 5.74) is 9.95. The Morgan fingerprint density at radius 1 is 1.26 bits per heavy atom. The van der Waals surface area contributed by atoms with Crippen molar-refractivity contribution in [2.24, 2.45) is 16.6 Å². The summed E-state index contributed by atoms with van der Waals surface area (Å²) >= 11 is 0. The highest BCUT2D eigenvalue weighted by molar-refractivity contribution is 5.95. The highest BCUT2D eigenvalue weighted by atomic mass is 16.6. The molecule has 2 aliphatic heterocycles. The van der Waals surface area contributed by atoms with Crippen LogP contribution in [-0.2, 0) is 11.4 Å². The summed E-state index contributed by atoms with van der Waals surface area (Å²) in [4.78, 5) is 14.9. The number of aliphatic imine (C=N–C) groups is 1. The van der Waals surface area contributed by atoms with Crippen molar-refractivity contribution in [2.45, 2.75) is 63.3 Å². The van der Waals surface area contributed by atoms with Crippen LogP contribution in [0.1, 0.15) is 49.8 Å². The Kier molecular flexibility index (Phi) is 8.35. The zero-order valence-corrected chi connectivity index (χ0v) is 22.8. The molecule has 7 N–H and O–H groups in total. The Labute approximate surface area is 230 Å². The molecule has 39 heavy (non-hydrogen) atoms. The monoisotopic (exact) mass is 531 g/mol. The number of hydrogen-bond donors (Lipinski definition) is 5. The molecule has 1 aliphatic carbocycles. The van der Waals surface area contributed by atoms with Crippen molar-refractivity contribution in [3.63, 3.8) is 0 Å². The molecule has 3 heterocycles. The molecule has 5 rings (SSSR count). The number of aromatic nitrogens is 2. The van der Waals surface area contributed by atoms with Crippen LogP contribution in [0.2, 0.25) is 0 Å². The van der Waals surface area contributed by atoms with Gasteiger partial charge in [-0.05, 0) is 38.2 Å². The summed E-state index contributed by atoms with van der Waals surface area (Å²) < 4.78 is 0. The van der Waals surface area contributed by atoms with Gasteiger partial charge in [0, 0.05) is 62.0 Å². The predicted octanol–water partition coefficient (Wildman–Crippen LogP) is 3.14. The molecule has 1 unspecified atom stereocenters. The zero-order chi connectivity index (χ0) is 27.4. The molecule has 0 radical (unpaired) electrons. The lowest BCUT2D eigenvalue weighted by Crippen LogP contribution is -2.48. The van der Waals surface area contributed by atoms with E-state index in [1.54, 1.807) is 0 Å². The number of nitrogens with two attached hydrogens (primary N) is 2. The largest absolute Gasteiger partial charge is 0.385 e. The Morgan fingerprint density at radius 3 is 2.72 bits per heavy atom. The maximum Gasteiger partial charge on any atom is 0.153 e. The van der Waals surface area contributed by atoms with Crippen LogP contribution in [0, 0.1) is 0 Å². The van der Waals surface area contributed by atoms with Gasteiger partial charge in [-0.25, -0.2) is 10.9 Å². The van der Waals surface area contributed by atoms with E-state index in [0.29, 0.717) is 48.4 Å². The average molecular weight is 532 g/mol. The van der Waals surface area contributed by atoms with Crippen molar-refractivity contribution in [3.05, 3.63) is 84.1 Å². The van der Waals surface area contributed by atoms with Gasteiger partial charge in [-0.1, -0.05) is 42.5 Å². The maximum absolute atomic E-state index is 6.46. The summed E-state index contributed by atoms with van der Waals surface area (Å²) in [6.45, 7) is 13.3. The van der Waals surface area contributed by atoms with Gasteiger partial charge in [0.05, 0.1) is 6.10 Å². The molecule has 10 nitrogen and oxygen atoms in total. The number of anilines is 1. The Hall–Kier alpha value is -3.60. The number of piperazine rings is 1. The van der Waals surface area contributed by atoms with Crippen molar-refractivity contribution >= 4 is 11.7 Å². The van der Waals surface area contributed by atoms with E-state index >= 15 is 0 Å². The Bertz CT molecular complexity index is 1220. The number of rotatable bonds is 13. The van der Waals surface area contributed by atoms with Gasteiger partial charge < -0.3 is 21.3 Å². The zero-order valence-electron chi connectivity index (χ0n) is 22.8. The van der Waals surface area contributed by atoms with Crippen molar-refractivity contribution in [1.29, 1.82) is 0 Å². The Balaban J connectivity index is 1.28. The molecule has 2 saturated heterocycles. The van der Waals surface area contributed by atoms with E-state index < -0.39 is 0 Å². The van der Waals surface area contributed by atoms with Crippen LogP contribution < -0.4 is 22.3 Å². The highest BCUT2D eigenvalue weighted by Gasteiger charge is 2.44. The van der Waals surface area contributed by atoms with Gasteiger partial charge in [0.1, 0.15) is 17.5 Å². The van der Waals surface area contributed by atoms with E-state index in [2.05, 4.69) is 74.1 Å². The minimum atomic E-state index is -0.213. The molecular weight excluding hydrogens is 490 g/mol. The first-order valence-corrected chi connectivity index (χ1v) is 13.7. The van der Waals surface area contributed by atoms with E-state index in [-0.39, 0.29) is 6.10 Å². The van der Waals surface area contributed by atoms with Gasteiger partial charge in [0.25, 0.3) is 0 Å². The molecule has 208 valence electrons. The summed E-state index contributed by atoms with van der Waals surface area (Å²) in [6.07, 6.45) is 5.84. The second-order valence-electron chi connectivity index (χ2n) is 11.0. The van der Waals surface area contributed by atoms with E-state index in [1.165, 1.54) is 18.4 Å². The van der Waals surface area contributed by atoms with Crippen molar-refractivity contribution < 1.29 is 4.84 Å². The summed E-state index contributed by atoms with van der Waals surface area (Å²) in [6, 6.07) is 13.5. The number of amidine groups is 1. The van der Waals surface area contributed by atoms with Crippen LogP contribution in [0.25, 0.3) is 0 Å². The number of nitrogens with zero attached hydrogens (tertiary/aromatic N) is 4. The van der Waals surface area contributed by atoms with Crippen LogP contribution in [0.5, 0.6) is 0 Å². The number of hydrogen-bond acceptors (Lipinski definition) is 8. The minimum Gasteiger partial charge on any atom is -0.385 e. The standard InChI is InChI=1S/C29H41N9O/c1-19(2)11-25(39-31)15-32-20(3)33-29(14-27(30)34-28-13-26(35-36-28)22-9-10-22)38-18-23-12-24(38)17-37(23)16-21-7-5-4-6-8-21/h4-8,13-14,22-25,32H,1,3,9-12,15-18,30-31H2,2H3,(H2,34,35,36)/b27-14+,33-29+/t23-,24-,25?/m1/s1. The minimum absolute atomic E-state index is 0.213. The fraction of sp³-hybridized carbons (Fsp3) is 0.448. The summed E-state index contributed by atoms with van der Waals surface area (Å²) in [5, 5.41) is 14.0. The van der Waals surface area contributed by atoms with E-state index in [4.69, 9.17) is 21.5 Å². The molecule has 10 heteroatoms. The van der Waals surface area contributed by atoms with Crippen LogP contribution >= 0.6 is 0 Å². The number of nitrogens with one attached hydrogen (secondary N) is 3. The average Bonchev–Trinajstić information content (AvgIpc) is 3.33. The van der Waals surface area contributed by atoms with Gasteiger partial charge in [0.2, 0.25) is 0 Å². The molecule has 1 aromatic carbocycles. The van der Waals surface area contributed by atoms with Gasteiger partial charge in [0.15, 0.2) is 5.82 Å². The first-order valence-electron chi connectivity index (χ1n) is 13.7. The lowest BCUT2D eigenvalue weighted by atomic mass is 10.1. The molecule has 0 spiro atoms. The highest BCUT2D eigenvalue weighted by Crippen LogP contribution is 2.39. The summed E-state index contributed by atoms with van der Waals surface area (Å²) in [5.74, 6) is 8.55. The topological polar surface area (TPSA) is 133 Å². The molecule has 3 aliphatic rings. The third-order valence-electron chi connectivity index (χ3n) is 7.60. The van der Waals surface area contributed by atoms with Crippen molar-refractivity contribution in [2.75, 3.05) is 25.0 Å². The molecule has 2 bridgehead atoms. The second-order valence-corrected chi connectivity index (χ2v) is 11.0. The van der Waals surface area contributed by atoms with Gasteiger partial charge >= 0.3 is 0 Å². The number of benzene rings is 1. The van der Waals surface area contributed by atoms with Crippen molar-refractivity contribution in [3.8, 4) is 0 Å². The molecule has 3 atom stereocenters. The van der Waals surface area contributed by atoms with Gasteiger partial charge in [-0.15, -0.1) is 6.58 Å². The van der Waals surface area contributed by atoms with Gasteiger partial charge in [-0.2, -0.15) is 5.10 Å². The Morgan fingerprint density at radius 2 is 2.05 bits per heavy atom. The number of likely N-dealkylation sites (tertiary alicyclic amines) is 2. The molecular formula is C29H41N9O. The molecule has 2 aromatic rings. The lowest BCUT2D eigenvalue weighted by Gasteiger charge is -2.35. The van der Waals surface area contributed by atoms with Crippen LogP contribution in [0.4, 0.5) is 5.82 Å². The van der Waals surface area contributed by atoms with E-state index in [0.717, 1.165) is 43.2 Å². The quantitative estimate of drug-likeness (QED) is 0.115.